The van der Waals surface area contributed by atoms with Gasteiger partial charge in [0.05, 0.1) is 10.7 Å². The van der Waals surface area contributed by atoms with Crippen LogP contribution in [0.5, 0.6) is 0 Å². The van der Waals surface area contributed by atoms with E-state index in [9.17, 15) is 4.79 Å². The molecule has 2 rings (SSSR count). The van der Waals surface area contributed by atoms with Gasteiger partial charge in [0.15, 0.2) is 0 Å². The zero-order valence-corrected chi connectivity index (χ0v) is 13.6. The topological polar surface area (TPSA) is 80.9 Å². The van der Waals surface area contributed by atoms with Gasteiger partial charge in [-0.2, -0.15) is 0 Å². The molecular formula is C16H22N4OS. The van der Waals surface area contributed by atoms with E-state index in [0.717, 1.165) is 35.5 Å². The molecule has 0 spiro atoms. The van der Waals surface area contributed by atoms with Crippen molar-refractivity contribution in [2.45, 2.75) is 38.6 Å². The van der Waals surface area contributed by atoms with Gasteiger partial charge in [-0.3, -0.25) is 9.78 Å². The molecule has 0 aliphatic heterocycles. The number of amides is 1. The molecule has 2 heterocycles. The van der Waals surface area contributed by atoms with Crippen molar-refractivity contribution in [2.75, 3.05) is 6.54 Å². The Labute approximate surface area is 135 Å². The second-order valence-electron chi connectivity index (χ2n) is 5.33. The third kappa shape index (κ3) is 5.54. The summed E-state index contributed by atoms with van der Waals surface area (Å²) in [5.74, 6) is 0.0777. The number of nitrogens with two attached hydrogens (primary N) is 1. The highest BCUT2D eigenvalue weighted by molar-refractivity contribution is 7.09. The van der Waals surface area contributed by atoms with Gasteiger partial charge in [0, 0.05) is 48.8 Å². The molecule has 0 aromatic carbocycles. The number of hydrogen-bond acceptors (Lipinski definition) is 5. The van der Waals surface area contributed by atoms with E-state index in [-0.39, 0.29) is 11.9 Å². The Hall–Kier alpha value is -1.79. The maximum absolute atomic E-state index is 11.6. The minimum atomic E-state index is 0.0766. The van der Waals surface area contributed by atoms with Gasteiger partial charge in [0.2, 0.25) is 5.91 Å². The predicted molar refractivity (Wildman–Crippen MR) is 89.6 cm³/mol. The van der Waals surface area contributed by atoms with Gasteiger partial charge in [-0.15, -0.1) is 11.3 Å². The molecule has 5 nitrogen and oxygen atoms in total. The van der Waals surface area contributed by atoms with Crippen LogP contribution in [0.4, 0.5) is 0 Å². The molecule has 0 aliphatic carbocycles. The molecule has 22 heavy (non-hydrogen) atoms. The minimum Gasteiger partial charge on any atom is -0.356 e. The Bertz CT molecular complexity index is 583. The summed E-state index contributed by atoms with van der Waals surface area (Å²) < 4.78 is 0. The van der Waals surface area contributed by atoms with E-state index in [4.69, 9.17) is 5.73 Å². The maximum Gasteiger partial charge on any atom is 0.220 e. The van der Waals surface area contributed by atoms with Gasteiger partial charge in [0.25, 0.3) is 0 Å². The molecule has 6 heteroatoms. The summed E-state index contributed by atoms with van der Waals surface area (Å²) in [6.45, 7) is 2.60. The molecule has 118 valence electrons. The van der Waals surface area contributed by atoms with Crippen molar-refractivity contribution < 1.29 is 4.79 Å². The lowest BCUT2D eigenvalue weighted by Crippen LogP contribution is -2.26. The normalized spacial score (nSPS) is 12.1. The van der Waals surface area contributed by atoms with Gasteiger partial charge in [0.1, 0.15) is 0 Å². The first-order valence-electron chi connectivity index (χ1n) is 7.52. The fraction of sp³-hybridized carbons (Fsp3) is 0.438. The number of hydrogen-bond donors (Lipinski definition) is 2. The molecule has 2 aromatic heterocycles. The lowest BCUT2D eigenvalue weighted by atomic mass is 10.2. The molecule has 1 amide bonds. The van der Waals surface area contributed by atoms with Gasteiger partial charge in [-0.1, -0.05) is 0 Å². The molecule has 0 saturated heterocycles. The summed E-state index contributed by atoms with van der Waals surface area (Å²) in [7, 11) is 0. The van der Waals surface area contributed by atoms with E-state index < -0.39 is 0 Å². The largest absolute Gasteiger partial charge is 0.356 e. The van der Waals surface area contributed by atoms with Crippen LogP contribution in [0.3, 0.4) is 0 Å². The van der Waals surface area contributed by atoms with Gasteiger partial charge in [-0.05, 0) is 31.9 Å². The van der Waals surface area contributed by atoms with Crippen molar-refractivity contribution >= 4 is 17.2 Å². The molecule has 0 fully saturated rings. The van der Waals surface area contributed by atoms with Crippen LogP contribution in [0.25, 0.3) is 11.3 Å². The molecule has 3 N–H and O–H groups in total. The van der Waals surface area contributed by atoms with E-state index in [1.165, 1.54) is 0 Å². The van der Waals surface area contributed by atoms with E-state index in [0.29, 0.717) is 13.0 Å². The Balaban J connectivity index is 1.70. The lowest BCUT2D eigenvalue weighted by molar-refractivity contribution is -0.121. The average Bonchev–Trinajstić information content (AvgIpc) is 2.99. The molecule has 0 aliphatic rings. The fourth-order valence-electron chi connectivity index (χ4n) is 2.00. The third-order valence-corrected chi connectivity index (χ3v) is 4.15. The number of thiazole rings is 1. The van der Waals surface area contributed by atoms with Crippen LogP contribution >= 0.6 is 11.3 Å². The average molecular weight is 318 g/mol. The van der Waals surface area contributed by atoms with E-state index in [1.54, 1.807) is 23.7 Å². The number of nitrogens with one attached hydrogen (secondary N) is 1. The lowest BCUT2D eigenvalue weighted by Gasteiger charge is -2.06. The predicted octanol–water partition coefficient (Wildman–Crippen LogP) is 2.38. The van der Waals surface area contributed by atoms with Crippen molar-refractivity contribution in [3.05, 3.63) is 34.9 Å². The Morgan fingerprint density at radius 1 is 1.41 bits per heavy atom. The summed E-state index contributed by atoms with van der Waals surface area (Å²) >= 11 is 1.66. The van der Waals surface area contributed by atoms with Crippen molar-refractivity contribution in [1.29, 1.82) is 0 Å². The van der Waals surface area contributed by atoms with Crippen LogP contribution in [0.15, 0.2) is 29.9 Å². The molecule has 0 radical (unpaired) electrons. The van der Waals surface area contributed by atoms with Crippen molar-refractivity contribution in [1.82, 2.24) is 15.3 Å². The zero-order valence-electron chi connectivity index (χ0n) is 12.8. The van der Waals surface area contributed by atoms with Gasteiger partial charge in [-0.25, -0.2) is 4.98 Å². The van der Waals surface area contributed by atoms with E-state index >= 15 is 0 Å². The maximum atomic E-state index is 11.6. The monoisotopic (exact) mass is 318 g/mol. The summed E-state index contributed by atoms with van der Waals surface area (Å²) in [6.07, 6.45) is 6.55. The quantitative estimate of drug-likeness (QED) is 0.732. The number of pyridine rings is 1. The minimum absolute atomic E-state index is 0.0766. The highest BCUT2D eigenvalue weighted by Gasteiger charge is 2.05. The van der Waals surface area contributed by atoms with Crippen LogP contribution in [0, 0.1) is 0 Å². The molecular weight excluding hydrogens is 296 g/mol. The highest BCUT2D eigenvalue weighted by Crippen LogP contribution is 2.21. The van der Waals surface area contributed by atoms with Gasteiger partial charge < -0.3 is 11.1 Å². The first kappa shape index (κ1) is 16.6. The number of aryl methyl sites for hydroxylation is 1. The fourth-order valence-corrected chi connectivity index (χ4v) is 2.85. The molecule has 1 unspecified atom stereocenters. The number of nitrogens with zero attached hydrogens (tertiary/aromatic N) is 2. The standard InChI is InChI=1S/C16H22N4OS/c1-12(17)4-5-15(21)19-8-2-3-16-20-14(11-22-16)13-6-9-18-10-7-13/h6-7,9-12H,2-5,8,17H2,1H3,(H,19,21). The van der Waals surface area contributed by atoms with Crippen LogP contribution in [0.2, 0.25) is 0 Å². The van der Waals surface area contributed by atoms with Crippen LogP contribution in [-0.4, -0.2) is 28.5 Å². The Morgan fingerprint density at radius 3 is 2.91 bits per heavy atom. The number of aromatic nitrogens is 2. The SMILES string of the molecule is CC(N)CCC(=O)NCCCc1nc(-c2ccncc2)cs1. The first-order valence-corrected chi connectivity index (χ1v) is 8.40. The number of carbonyl (C=O) groups is 1. The number of rotatable bonds is 8. The second kappa shape index (κ2) is 8.60. The molecule has 2 aromatic rings. The van der Waals surface area contributed by atoms with Crippen LogP contribution < -0.4 is 11.1 Å². The van der Waals surface area contributed by atoms with Crippen molar-refractivity contribution in [3.8, 4) is 11.3 Å². The smallest absolute Gasteiger partial charge is 0.220 e. The second-order valence-corrected chi connectivity index (χ2v) is 6.27. The van der Waals surface area contributed by atoms with Crippen molar-refractivity contribution in [3.63, 3.8) is 0 Å². The molecule has 1 atom stereocenters. The van der Waals surface area contributed by atoms with Gasteiger partial charge >= 0.3 is 0 Å². The van der Waals surface area contributed by atoms with Crippen molar-refractivity contribution in [2.24, 2.45) is 5.73 Å². The summed E-state index contributed by atoms with van der Waals surface area (Å²) in [4.78, 5) is 20.2. The number of carbonyl (C=O) groups excluding carboxylic acids is 1. The molecule has 0 saturated carbocycles. The van der Waals surface area contributed by atoms with Crippen LogP contribution in [0.1, 0.15) is 31.2 Å². The van der Waals surface area contributed by atoms with E-state index in [2.05, 4.69) is 20.7 Å². The first-order chi connectivity index (χ1) is 10.6. The zero-order chi connectivity index (χ0) is 15.8. The Morgan fingerprint density at radius 2 is 2.18 bits per heavy atom. The Kier molecular flexibility index (Phi) is 6.48. The van der Waals surface area contributed by atoms with E-state index in [1.807, 2.05) is 19.1 Å². The summed E-state index contributed by atoms with van der Waals surface area (Å²) in [6, 6.07) is 3.99. The van der Waals surface area contributed by atoms with Crippen LogP contribution in [-0.2, 0) is 11.2 Å². The summed E-state index contributed by atoms with van der Waals surface area (Å²) in [5, 5.41) is 6.08. The summed E-state index contributed by atoms with van der Waals surface area (Å²) in [5.41, 5.74) is 7.71. The molecule has 0 bridgehead atoms. The highest BCUT2D eigenvalue weighted by atomic mass is 32.1. The third-order valence-electron chi connectivity index (χ3n) is 3.24.